The van der Waals surface area contributed by atoms with Crippen molar-refractivity contribution in [2.45, 2.75) is 66.1 Å². The third kappa shape index (κ3) is 7.41. The first-order valence-electron chi connectivity index (χ1n) is 18.3. The zero-order chi connectivity index (χ0) is 39.9. The third-order valence-electron chi connectivity index (χ3n) is 11.6. The van der Waals surface area contributed by atoms with Crippen LogP contribution in [0.4, 0.5) is 11.4 Å². The van der Waals surface area contributed by atoms with Crippen molar-refractivity contribution in [3.63, 3.8) is 0 Å². The average molecular weight is 841 g/mol. The number of anilines is 1. The van der Waals surface area contributed by atoms with Gasteiger partial charge in [0.25, 0.3) is 0 Å². The van der Waals surface area contributed by atoms with Crippen LogP contribution < -0.4 is 56.3 Å². The zero-order valence-corrected chi connectivity index (χ0v) is 38.5. The van der Waals surface area contributed by atoms with Crippen molar-refractivity contribution in [1.82, 2.24) is 0 Å². The Balaban J connectivity index is 0.00000496. The van der Waals surface area contributed by atoms with Crippen molar-refractivity contribution in [3.05, 3.63) is 148 Å². The average Bonchev–Trinajstić information content (AvgIpc) is 3.68. The normalized spacial score (nSPS) is 19.1. The van der Waals surface area contributed by atoms with Crippen molar-refractivity contribution >= 4 is 70.6 Å². The molecule has 0 saturated heterocycles. The molecule has 2 heterocycles. The minimum Gasteiger partial charge on any atom is -0.744 e. The van der Waals surface area contributed by atoms with Gasteiger partial charge in [0.05, 0.1) is 15.2 Å². The molecule has 0 N–H and O–H groups in total. The van der Waals surface area contributed by atoms with Crippen LogP contribution >= 0.6 is 11.8 Å². The van der Waals surface area contributed by atoms with E-state index in [0.29, 0.717) is 10.8 Å². The maximum Gasteiger partial charge on any atom is 1.00 e. The Hall–Kier alpha value is -3.14. The molecule has 57 heavy (non-hydrogen) atoms. The Bertz CT molecular complexity index is 2910. The zero-order valence-electron chi connectivity index (χ0n) is 33.0. The predicted octanol–water partition coefficient (Wildman–Crippen LogP) is 6.45. The summed E-state index contributed by atoms with van der Waals surface area (Å²) in [7, 11) is -5.03. The molecule has 0 atom stereocenters. The van der Waals surface area contributed by atoms with E-state index >= 15 is 0 Å². The van der Waals surface area contributed by atoms with E-state index in [-0.39, 0.29) is 61.2 Å². The molecule has 5 aromatic carbocycles. The van der Waals surface area contributed by atoms with Crippen molar-refractivity contribution in [2.24, 2.45) is 0 Å². The number of hydrogen-bond acceptors (Lipinski definition) is 8. The standard InChI is InChI=1S/C45H42N2O6S3.K/c1-44(2)39(46(5)37-22-14-30-26-33(55(48,49)50)18-20-35(30)41(37)44)24-16-28-12-13-29(43(28)54-32-10-8-7-9-11-32)17-25-40-45(3,4)42-36-21-19-34(56(51,52)53)27-31(36)15-23-38(42)47(40)6;/h7-11,14-27H,12-13H2,1-6H3,(H-,48,49,50,51,52,53);/q;+1/p-1. The third-order valence-corrected chi connectivity index (χ3v) is 14.5. The Morgan fingerprint density at radius 2 is 1.32 bits per heavy atom. The minimum absolute atomic E-state index is 0. The Kier molecular flexibility index (Phi) is 11.2. The molecule has 0 amide bonds. The number of rotatable bonds is 7. The van der Waals surface area contributed by atoms with Crippen LogP contribution in [0.15, 0.2) is 152 Å². The van der Waals surface area contributed by atoms with Gasteiger partial charge in [0, 0.05) is 51.4 Å². The summed E-state index contributed by atoms with van der Waals surface area (Å²) in [6, 6.07) is 27.4. The number of likely N-dealkylation sites (N-methyl/N-ethyl adjacent to an activating group) is 1. The summed E-state index contributed by atoms with van der Waals surface area (Å²) < 4.78 is 72.9. The van der Waals surface area contributed by atoms with Crippen molar-refractivity contribution in [1.29, 1.82) is 0 Å². The molecular formula is C45H41KN2O6S3. The summed E-state index contributed by atoms with van der Waals surface area (Å²) in [5.74, 6) is 0. The fourth-order valence-electron chi connectivity index (χ4n) is 8.89. The Morgan fingerprint density at radius 1 is 0.719 bits per heavy atom. The molecule has 0 aromatic heterocycles. The van der Waals surface area contributed by atoms with Crippen molar-refractivity contribution in [3.8, 4) is 0 Å². The molecule has 0 bridgehead atoms. The maximum absolute atomic E-state index is 11.8. The van der Waals surface area contributed by atoms with Crippen LogP contribution in [-0.2, 0) is 31.1 Å². The van der Waals surface area contributed by atoms with Crippen LogP contribution in [0.2, 0.25) is 0 Å². The molecule has 2 aliphatic heterocycles. The molecule has 0 fully saturated rings. The second kappa shape index (κ2) is 15.2. The fraction of sp³-hybridized carbons (Fsp3) is 0.222. The largest absolute Gasteiger partial charge is 1.00 e. The molecule has 0 radical (unpaired) electrons. The Morgan fingerprint density at radius 3 is 1.93 bits per heavy atom. The molecule has 0 spiro atoms. The van der Waals surface area contributed by atoms with Gasteiger partial charge in [0.2, 0.25) is 5.69 Å². The SMILES string of the molecule is CN1/C(=C\C=C2\CCC(/C=C/C3=[N+](C)c4ccc5cc(S(=O)(=O)[O-])ccc5c4C3(C)C)=C2Sc2ccccc2)C(C)(C)c2c1ccc1cc(S(=O)(=O)[O-])ccc21.[K+]. The van der Waals surface area contributed by atoms with E-state index in [4.69, 9.17) is 0 Å². The second-order valence-electron chi connectivity index (χ2n) is 15.7. The molecule has 8 rings (SSSR count). The molecular weight excluding hydrogens is 800 g/mol. The summed E-state index contributed by atoms with van der Waals surface area (Å²) in [5, 5.41) is 3.27. The first kappa shape index (κ1) is 42.0. The molecule has 8 nitrogen and oxygen atoms in total. The quantitative estimate of drug-likeness (QED) is 0.104. The van der Waals surface area contributed by atoms with Gasteiger partial charge in [0.1, 0.15) is 27.3 Å². The van der Waals surface area contributed by atoms with Gasteiger partial charge in [0.15, 0.2) is 5.71 Å². The van der Waals surface area contributed by atoms with Crippen LogP contribution in [0, 0.1) is 0 Å². The van der Waals surface area contributed by atoms with Crippen molar-refractivity contribution in [2.75, 3.05) is 19.0 Å². The molecule has 1 aliphatic carbocycles. The van der Waals surface area contributed by atoms with Gasteiger partial charge in [-0.2, -0.15) is 4.58 Å². The summed E-state index contributed by atoms with van der Waals surface area (Å²) in [6.07, 6.45) is 10.7. The molecule has 5 aromatic rings. The monoisotopic (exact) mass is 840 g/mol. The van der Waals surface area contributed by atoms with Crippen LogP contribution in [0.25, 0.3) is 21.5 Å². The number of thioether (sulfide) groups is 1. The van der Waals surface area contributed by atoms with Gasteiger partial charge in [-0.05, 0) is 120 Å². The summed E-state index contributed by atoms with van der Waals surface area (Å²) in [4.78, 5) is 4.10. The number of allylic oxidation sites excluding steroid dienone is 7. The van der Waals surface area contributed by atoms with E-state index in [9.17, 15) is 25.9 Å². The molecule has 3 aliphatic rings. The molecule has 286 valence electrons. The second-order valence-corrected chi connectivity index (χ2v) is 19.5. The van der Waals surface area contributed by atoms with Crippen LogP contribution in [0.1, 0.15) is 51.7 Å². The summed E-state index contributed by atoms with van der Waals surface area (Å²) in [6.45, 7) is 8.72. The van der Waals surface area contributed by atoms with E-state index in [2.05, 4.69) is 99.8 Å². The van der Waals surface area contributed by atoms with Gasteiger partial charge in [-0.25, -0.2) is 16.8 Å². The number of nitrogens with zero attached hydrogens (tertiary/aromatic N) is 2. The van der Waals surface area contributed by atoms with E-state index in [1.807, 2.05) is 30.3 Å². The number of benzene rings is 5. The Labute approximate surface area is 381 Å². The smallest absolute Gasteiger partial charge is 0.744 e. The summed E-state index contributed by atoms with van der Waals surface area (Å²) >= 11 is 1.76. The summed E-state index contributed by atoms with van der Waals surface area (Å²) in [5.41, 5.74) is 8.14. The predicted molar refractivity (Wildman–Crippen MR) is 223 cm³/mol. The van der Waals surface area contributed by atoms with E-state index in [1.165, 1.54) is 40.3 Å². The van der Waals surface area contributed by atoms with E-state index in [1.54, 1.807) is 23.9 Å². The first-order valence-corrected chi connectivity index (χ1v) is 22.0. The minimum atomic E-state index is -4.57. The first-order chi connectivity index (χ1) is 26.4. The van der Waals surface area contributed by atoms with Crippen molar-refractivity contribution < 1.29 is 81.9 Å². The van der Waals surface area contributed by atoms with Crippen LogP contribution in [0.3, 0.4) is 0 Å². The molecule has 12 heteroatoms. The fourth-order valence-corrected chi connectivity index (χ4v) is 11.0. The molecule has 0 unspecified atom stereocenters. The van der Waals surface area contributed by atoms with E-state index < -0.39 is 31.1 Å². The van der Waals surface area contributed by atoms with Gasteiger partial charge >= 0.3 is 51.4 Å². The maximum atomic E-state index is 11.8. The van der Waals surface area contributed by atoms with Gasteiger partial charge in [-0.1, -0.05) is 74.2 Å². The molecule has 0 saturated carbocycles. The van der Waals surface area contributed by atoms with Gasteiger partial charge in [-0.3, -0.25) is 0 Å². The number of fused-ring (bicyclic) bond motifs is 6. The van der Waals surface area contributed by atoms with Gasteiger partial charge in [-0.15, -0.1) is 0 Å². The topological polar surface area (TPSA) is 121 Å². The van der Waals surface area contributed by atoms with Crippen LogP contribution in [0.5, 0.6) is 0 Å². The van der Waals surface area contributed by atoms with E-state index in [0.717, 1.165) is 62.4 Å². The number of hydrogen-bond donors (Lipinski definition) is 0. The van der Waals surface area contributed by atoms with Gasteiger partial charge < -0.3 is 14.0 Å². The van der Waals surface area contributed by atoms with Crippen LogP contribution in [-0.4, -0.2) is 50.3 Å².